The van der Waals surface area contributed by atoms with Crippen molar-refractivity contribution in [1.82, 2.24) is 4.90 Å². The molecule has 2 aliphatic rings. The first-order chi connectivity index (χ1) is 12.3. The van der Waals surface area contributed by atoms with E-state index in [2.05, 4.69) is 48.1 Å². The summed E-state index contributed by atoms with van der Waals surface area (Å²) in [5, 5.41) is 0. The number of nitrogens with zero attached hydrogens (tertiary/aromatic N) is 1. The SMILES string of the molecule is C#CCN1[C@@H]2CC[C@H]1CC(OC(CCCCCC)c1ccccc1)C2. The van der Waals surface area contributed by atoms with Crippen molar-refractivity contribution in [2.24, 2.45) is 0 Å². The van der Waals surface area contributed by atoms with Crippen molar-refractivity contribution >= 4 is 0 Å². The van der Waals surface area contributed by atoms with Crippen molar-refractivity contribution in [3.8, 4) is 12.3 Å². The van der Waals surface area contributed by atoms with Gasteiger partial charge in [-0.3, -0.25) is 4.90 Å². The summed E-state index contributed by atoms with van der Waals surface area (Å²) in [4.78, 5) is 2.54. The summed E-state index contributed by atoms with van der Waals surface area (Å²) in [7, 11) is 0. The predicted molar refractivity (Wildman–Crippen MR) is 104 cm³/mol. The molecule has 2 nitrogen and oxygen atoms in total. The number of piperidine rings is 1. The van der Waals surface area contributed by atoms with Gasteiger partial charge in [0.05, 0.1) is 18.8 Å². The monoisotopic (exact) mass is 339 g/mol. The van der Waals surface area contributed by atoms with Gasteiger partial charge < -0.3 is 4.74 Å². The molecule has 3 rings (SSSR count). The van der Waals surface area contributed by atoms with E-state index in [0.29, 0.717) is 18.2 Å². The fraction of sp³-hybridized carbons (Fsp3) is 0.652. The molecule has 4 atom stereocenters. The van der Waals surface area contributed by atoms with Crippen molar-refractivity contribution in [2.45, 2.75) is 89.0 Å². The van der Waals surface area contributed by atoms with Gasteiger partial charge in [0, 0.05) is 12.1 Å². The van der Waals surface area contributed by atoms with Crippen molar-refractivity contribution in [2.75, 3.05) is 6.54 Å². The Bertz CT molecular complexity index is 535. The summed E-state index contributed by atoms with van der Waals surface area (Å²) < 4.78 is 6.69. The molecule has 0 aliphatic carbocycles. The minimum Gasteiger partial charge on any atom is -0.370 e. The third kappa shape index (κ3) is 4.87. The normalized spacial score (nSPS) is 27.1. The number of hydrogen-bond acceptors (Lipinski definition) is 2. The predicted octanol–water partition coefficient (Wildman–Crippen LogP) is 5.34. The summed E-state index contributed by atoms with van der Waals surface area (Å²) >= 11 is 0. The van der Waals surface area contributed by atoms with Gasteiger partial charge in [0.2, 0.25) is 0 Å². The number of fused-ring (bicyclic) bond motifs is 2. The van der Waals surface area contributed by atoms with E-state index >= 15 is 0 Å². The van der Waals surface area contributed by atoms with E-state index in [9.17, 15) is 0 Å². The summed E-state index contributed by atoms with van der Waals surface area (Å²) in [6.07, 6.45) is 17.4. The lowest BCUT2D eigenvalue weighted by Crippen LogP contribution is -2.45. The third-order valence-electron chi connectivity index (χ3n) is 5.96. The average molecular weight is 340 g/mol. The Hall–Kier alpha value is -1.30. The van der Waals surface area contributed by atoms with Gasteiger partial charge in [0.25, 0.3) is 0 Å². The maximum Gasteiger partial charge on any atom is 0.0828 e. The van der Waals surface area contributed by atoms with Gasteiger partial charge in [0.1, 0.15) is 0 Å². The van der Waals surface area contributed by atoms with E-state index < -0.39 is 0 Å². The second-order valence-electron chi connectivity index (χ2n) is 7.74. The minimum absolute atomic E-state index is 0.252. The Morgan fingerprint density at radius 1 is 1.12 bits per heavy atom. The first-order valence-electron chi connectivity index (χ1n) is 10.2. The van der Waals surface area contributed by atoms with E-state index in [1.807, 2.05) is 0 Å². The summed E-state index contributed by atoms with van der Waals surface area (Å²) in [5.41, 5.74) is 1.34. The maximum atomic E-state index is 6.69. The Morgan fingerprint density at radius 2 is 1.84 bits per heavy atom. The second kappa shape index (κ2) is 9.41. The van der Waals surface area contributed by atoms with E-state index in [1.54, 1.807) is 0 Å². The number of ether oxygens (including phenoxy) is 1. The molecule has 2 fully saturated rings. The van der Waals surface area contributed by atoms with Crippen LogP contribution in [0.25, 0.3) is 0 Å². The van der Waals surface area contributed by atoms with Gasteiger partial charge in [-0.15, -0.1) is 6.42 Å². The highest BCUT2D eigenvalue weighted by molar-refractivity contribution is 5.17. The van der Waals surface area contributed by atoms with Crippen LogP contribution in [-0.4, -0.2) is 29.6 Å². The van der Waals surface area contributed by atoms with Crippen LogP contribution >= 0.6 is 0 Å². The fourth-order valence-electron chi connectivity index (χ4n) is 4.67. The van der Waals surface area contributed by atoms with Crippen molar-refractivity contribution < 1.29 is 4.74 Å². The molecular formula is C23H33NO. The first-order valence-corrected chi connectivity index (χ1v) is 10.2. The van der Waals surface area contributed by atoms with Crippen LogP contribution in [0.15, 0.2) is 30.3 Å². The van der Waals surface area contributed by atoms with Crippen molar-refractivity contribution in [3.05, 3.63) is 35.9 Å². The van der Waals surface area contributed by atoms with E-state index in [-0.39, 0.29) is 6.10 Å². The summed E-state index contributed by atoms with van der Waals surface area (Å²) in [5.74, 6) is 2.84. The molecule has 2 bridgehead atoms. The molecule has 136 valence electrons. The molecule has 0 amide bonds. The molecule has 2 saturated heterocycles. The molecule has 0 radical (unpaired) electrons. The maximum absolute atomic E-state index is 6.69. The Balaban J connectivity index is 1.60. The summed E-state index contributed by atoms with van der Waals surface area (Å²) in [6, 6.07) is 12.1. The molecule has 0 saturated carbocycles. The highest BCUT2D eigenvalue weighted by Gasteiger charge is 2.41. The first kappa shape index (κ1) is 18.5. The molecule has 0 spiro atoms. The Morgan fingerprint density at radius 3 is 2.48 bits per heavy atom. The molecule has 2 heterocycles. The average Bonchev–Trinajstić information content (AvgIpc) is 2.88. The lowest BCUT2D eigenvalue weighted by atomic mass is 9.97. The van der Waals surface area contributed by atoms with Crippen LogP contribution in [0, 0.1) is 12.3 Å². The third-order valence-corrected chi connectivity index (χ3v) is 5.96. The lowest BCUT2D eigenvalue weighted by Gasteiger charge is -2.39. The van der Waals surface area contributed by atoms with Gasteiger partial charge in [-0.05, 0) is 37.7 Å². The molecule has 2 aliphatic heterocycles. The van der Waals surface area contributed by atoms with Gasteiger partial charge in [0.15, 0.2) is 0 Å². The molecule has 25 heavy (non-hydrogen) atoms. The smallest absolute Gasteiger partial charge is 0.0828 e. The van der Waals surface area contributed by atoms with Crippen LogP contribution in [-0.2, 0) is 4.74 Å². The zero-order valence-corrected chi connectivity index (χ0v) is 15.7. The van der Waals surface area contributed by atoms with Gasteiger partial charge in [-0.25, -0.2) is 0 Å². The number of rotatable bonds is 9. The summed E-state index contributed by atoms with van der Waals surface area (Å²) in [6.45, 7) is 3.08. The molecule has 2 unspecified atom stereocenters. The van der Waals surface area contributed by atoms with Crippen LogP contribution in [0.3, 0.4) is 0 Å². The van der Waals surface area contributed by atoms with Gasteiger partial charge >= 0.3 is 0 Å². The fourth-order valence-corrected chi connectivity index (χ4v) is 4.67. The van der Waals surface area contributed by atoms with Crippen LogP contribution in [0.2, 0.25) is 0 Å². The van der Waals surface area contributed by atoms with E-state index in [1.165, 1.54) is 44.1 Å². The Labute approximate surface area is 153 Å². The zero-order valence-electron chi connectivity index (χ0n) is 15.7. The minimum atomic E-state index is 0.252. The van der Waals surface area contributed by atoms with E-state index in [0.717, 1.165) is 25.8 Å². The highest BCUT2D eigenvalue weighted by Crippen LogP contribution is 2.39. The van der Waals surface area contributed by atoms with E-state index in [4.69, 9.17) is 11.2 Å². The quantitative estimate of drug-likeness (QED) is 0.444. The molecule has 0 N–H and O–H groups in total. The van der Waals surface area contributed by atoms with Gasteiger partial charge in [-0.2, -0.15) is 0 Å². The lowest BCUT2D eigenvalue weighted by molar-refractivity contribution is -0.0637. The molecule has 2 heteroatoms. The van der Waals surface area contributed by atoms with Gasteiger partial charge in [-0.1, -0.05) is 68.9 Å². The van der Waals surface area contributed by atoms with Crippen LogP contribution in [0.5, 0.6) is 0 Å². The standard InChI is InChI=1S/C23H33NO/c1-3-5-6-10-13-23(19-11-8-7-9-12-19)25-22-17-20-14-15-21(18-22)24(20)16-4-2/h2,7-9,11-12,20-23H,3,5-6,10,13-18H2,1H3/t20-,21+,22?,23?. The number of benzene rings is 1. The number of unbranched alkanes of at least 4 members (excludes halogenated alkanes) is 3. The van der Waals surface area contributed by atoms with Crippen LogP contribution < -0.4 is 0 Å². The Kier molecular flexibility index (Phi) is 6.96. The van der Waals surface area contributed by atoms with Crippen molar-refractivity contribution in [3.63, 3.8) is 0 Å². The van der Waals surface area contributed by atoms with Crippen LogP contribution in [0.4, 0.5) is 0 Å². The highest BCUT2D eigenvalue weighted by atomic mass is 16.5. The molecule has 1 aromatic carbocycles. The molecule has 0 aromatic heterocycles. The second-order valence-corrected chi connectivity index (χ2v) is 7.74. The molecule has 1 aromatic rings. The number of hydrogen-bond donors (Lipinski definition) is 0. The largest absolute Gasteiger partial charge is 0.370 e. The zero-order chi connectivity index (χ0) is 17.5. The van der Waals surface area contributed by atoms with Crippen LogP contribution in [0.1, 0.15) is 76.4 Å². The molecular weight excluding hydrogens is 306 g/mol. The number of terminal acetylenes is 1. The topological polar surface area (TPSA) is 12.5 Å². The van der Waals surface area contributed by atoms with Crippen molar-refractivity contribution in [1.29, 1.82) is 0 Å².